The molecule has 0 spiro atoms. The van der Waals surface area contributed by atoms with E-state index in [0.29, 0.717) is 22.3 Å². The van der Waals surface area contributed by atoms with E-state index in [1.807, 2.05) is 31.2 Å². The largest absolute Gasteiger partial charge is 0.411 e. The first-order valence-electron chi connectivity index (χ1n) is 10.8. The SMILES string of the molecule is Cc1ccc(-c2nnc(SCC(=O)N[C@H](C)C34CC5CC(CC(C5)C3)C4)o2)cc1. The number of hydrogen-bond donors (Lipinski definition) is 1. The van der Waals surface area contributed by atoms with Gasteiger partial charge in [-0.05, 0) is 87.7 Å². The fraction of sp³-hybridized carbons (Fsp3) is 0.609. The van der Waals surface area contributed by atoms with Gasteiger partial charge in [-0.2, -0.15) is 0 Å². The maximum atomic E-state index is 12.6. The van der Waals surface area contributed by atoms with E-state index in [1.165, 1.54) is 55.9 Å². The number of rotatable bonds is 6. The first-order chi connectivity index (χ1) is 14.0. The van der Waals surface area contributed by atoms with Crippen LogP contribution in [0.1, 0.15) is 51.0 Å². The van der Waals surface area contributed by atoms with Gasteiger partial charge in [0.1, 0.15) is 0 Å². The summed E-state index contributed by atoms with van der Waals surface area (Å²) in [6.45, 7) is 4.26. The molecule has 0 radical (unpaired) electrons. The second-order valence-corrected chi connectivity index (χ2v) is 10.5. The van der Waals surface area contributed by atoms with Gasteiger partial charge in [0.15, 0.2) is 0 Å². The zero-order valence-corrected chi connectivity index (χ0v) is 18.0. The number of aryl methyl sites for hydroxylation is 1. The minimum atomic E-state index is 0.0633. The van der Waals surface area contributed by atoms with Crippen LogP contribution in [0.5, 0.6) is 0 Å². The second kappa shape index (κ2) is 7.46. The quantitative estimate of drug-likeness (QED) is 0.688. The zero-order chi connectivity index (χ0) is 20.0. The third-order valence-corrected chi connectivity index (χ3v) is 8.23. The molecule has 1 N–H and O–H groups in total. The van der Waals surface area contributed by atoms with E-state index in [4.69, 9.17) is 4.42 Å². The summed E-state index contributed by atoms with van der Waals surface area (Å²) in [5, 5.41) is 11.9. The van der Waals surface area contributed by atoms with Gasteiger partial charge in [0.2, 0.25) is 11.8 Å². The molecule has 5 nitrogen and oxygen atoms in total. The Kier molecular flexibility index (Phi) is 4.93. The molecule has 0 aliphatic heterocycles. The van der Waals surface area contributed by atoms with Gasteiger partial charge < -0.3 is 9.73 Å². The predicted octanol–water partition coefficient (Wildman–Crippen LogP) is 4.86. The summed E-state index contributed by atoms with van der Waals surface area (Å²) in [7, 11) is 0. The van der Waals surface area contributed by atoms with Crippen LogP contribution in [0.4, 0.5) is 0 Å². The number of benzene rings is 1. The van der Waals surface area contributed by atoms with Gasteiger partial charge in [0.25, 0.3) is 5.22 Å². The van der Waals surface area contributed by atoms with Crippen LogP contribution in [0.15, 0.2) is 33.9 Å². The van der Waals surface area contributed by atoms with Crippen LogP contribution < -0.4 is 5.32 Å². The molecule has 6 rings (SSSR count). The molecular weight excluding hydrogens is 382 g/mol. The molecule has 6 heteroatoms. The molecule has 4 bridgehead atoms. The molecule has 29 heavy (non-hydrogen) atoms. The van der Waals surface area contributed by atoms with Crippen molar-refractivity contribution in [3.8, 4) is 11.5 Å². The third kappa shape index (κ3) is 3.83. The lowest BCUT2D eigenvalue weighted by Gasteiger charge is -2.59. The Morgan fingerprint density at radius 1 is 1.14 bits per heavy atom. The summed E-state index contributed by atoms with van der Waals surface area (Å²) in [5.74, 6) is 3.56. The minimum Gasteiger partial charge on any atom is -0.411 e. The summed E-state index contributed by atoms with van der Waals surface area (Å²) in [5.41, 5.74) is 2.42. The molecule has 1 aromatic carbocycles. The Morgan fingerprint density at radius 2 is 1.76 bits per heavy atom. The van der Waals surface area contributed by atoms with Crippen molar-refractivity contribution in [1.29, 1.82) is 0 Å². The molecule has 4 aliphatic carbocycles. The van der Waals surface area contributed by atoms with E-state index < -0.39 is 0 Å². The number of hydrogen-bond acceptors (Lipinski definition) is 5. The third-order valence-electron chi connectivity index (χ3n) is 7.41. The van der Waals surface area contributed by atoms with Crippen LogP contribution in [0.25, 0.3) is 11.5 Å². The fourth-order valence-corrected chi connectivity index (χ4v) is 6.93. The highest BCUT2D eigenvalue weighted by Crippen LogP contribution is 2.61. The Bertz CT molecular complexity index is 856. The normalized spacial score (nSPS) is 31.0. The van der Waals surface area contributed by atoms with Crippen molar-refractivity contribution in [2.24, 2.45) is 23.2 Å². The van der Waals surface area contributed by atoms with Gasteiger partial charge in [-0.25, -0.2) is 0 Å². The number of nitrogens with zero attached hydrogens (tertiary/aromatic N) is 2. The molecule has 4 saturated carbocycles. The monoisotopic (exact) mass is 411 g/mol. The van der Waals surface area contributed by atoms with Crippen molar-refractivity contribution in [2.45, 2.75) is 63.6 Å². The Morgan fingerprint density at radius 3 is 2.38 bits per heavy atom. The van der Waals surface area contributed by atoms with Gasteiger partial charge in [0, 0.05) is 11.6 Å². The summed E-state index contributed by atoms with van der Waals surface area (Å²) < 4.78 is 5.73. The number of carbonyl (C=O) groups excluding carboxylic acids is 1. The highest BCUT2D eigenvalue weighted by atomic mass is 32.2. The van der Waals surface area contributed by atoms with Crippen LogP contribution in [0, 0.1) is 30.1 Å². The van der Waals surface area contributed by atoms with E-state index in [-0.39, 0.29) is 11.9 Å². The lowest BCUT2D eigenvalue weighted by atomic mass is 9.48. The van der Waals surface area contributed by atoms with Gasteiger partial charge in [-0.15, -0.1) is 10.2 Å². The second-order valence-electron chi connectivity index (χ2n) is 9.60. The van der Waals surface area contributed by atoms with Crippen molar-refractivity contribution in [3.63, 3.8) is 0 Å². The zero-order valence-electron chi connectivity index (χ0n) is 17.2. The van der Waals surface area contributed by atoms with Gasteiger partial charge >= 0.3 is 0 Å². The van der Waals surface area contributed by atoms with Crippen LogP contribution in [-0.4, -0.2) is 27.9 Å². The van der Waals surface area contributed by atoms with Gasteiger partial charge in [-0.3, -0.25) is 4.79 Å². The van der Waals surface area contributed by atoms with E-state index in [1.54, 1.807) is 0 Å². The Hall–Kier alpha value is -1.82. The van der Waals surface area contributed by atoms with Crippen molar-refractivity contribution in [2.75, 3.05) is 5.75 Å². The first kappa shape index (κ1) is 19.2. The summed E-state index contributed by atoms with van der Waals surface area (Å²) in [4.78, 5) is 12.6. The molecule has 1 heterocycles. The molecule has 2 aromatic rings. The van der Waals surface area contributed by atoms with Crippen LogP contribution in [0.2, 0.25) is 0 Å². The van der Waals surface area contributed by atoms with Gasteiger partial charge in [-0.1, -0.05) is 29.5 Å². The fourth-order valence-electron chi connectivity index (χ4n) is 6.35. The van der Waals surface area contributed by atoms with Crippen molar-refractivity contribution in [3.05, 3.63) is 29.8 Å². The summed E-state index contributed by atoms with van der Waals surface area (Å²) in [6.07, 6.45) is 8.19. The average molecular weight is 412 g/mol. The first-order valence-corrected chi connectivity index (χ1v) is 11.8. The van der Waals surface area contributed by atoms with E-state index >= 15 is 0 Å². The van der Waals surface area contributed by atoms with Crippen molar-refractivity contribution in [1.82, 2.24) is 15.5 Å². The predicted molar refractivity (Wildman–Crippen MR) is 113 cm³/mol. The molecule has 0 unspecified atom stereocenters. The molecular formula is C23H29N3O2S. The standard InChI is InChI=1S/C23H29N3O2S/c1-14-3-5-19(6-4-14)21-25-26-22(28-21)29-13-20(27)24-15(2)23-10-16-7-17(11-23)9-18(8-16)12-23/h3-6,15-18H,7-13H2,1-2H3,(H,24,27)/t15-,16?,17?,18?,23?/m1/s1. The lowest BCUT2D eigenvalue weighted by molar-refractivity contribution is -0.123. The topological polar surface area (TPSA) is 68.0 Å². The highest BCUT2D eigenvalue weighted by molar-refractivity contribution is 7.99. The molecule has 1 aromatic heterocycles. The molecule has 1 amide bonds. The maximum absolute atomic E-state index is 12.6. The van der Waals surface area contributed by atoms with E-state index in [9.17, 15) is 4.79 Å². The summed E-state index contributed by atoms with van der Waals surface area (Å²) >= 11 is 1.31. The highest BCUT2D eigenvalue weighted by Gasteiger charge is 2.53. The number of thioether (sulfide) groups is 1. The van der Waals surface area contributed by atoms with E-state index in [2.05, 4.69) is 22.4 Å². The number of carbonyl (C=O) groups is 1. The minimum absolute atomic E-state index is 0.0633. The number of nitrogens with one attached hydrogen (secondary N) is 1. The maximum Gasteiger partial charge on any atom is 0.277 e. The molecule has 0 saturated heterocycles. The van der Waals surface area contributed by atoms with Crippen LogP contribution in [0.3, 0.4) is 0 Å². The van der Waals surface area contributed by atoms with Crippen molar-refractivity contribution < 1.29 is 9.21 Å². The molecule has 4 fully saturated rings. The lowest BCUT2D eigenvalue weighted by Crippen LogP contribution is -2.56. The molecule has 1 atom stereocenters. The van der Waals surface area contributed by atoms with Gasteiger partial charge in [0.05, 0.1) is 5.75 Å². The number of amides is 1. The van der Waals surface area contributed by atoms with E-state index in [0.717, 1.165) is 23.3 Å². The molecule has 4 aliphatic rings. The Balaban J connectivity index is 1.16. The molecule has 154 valence electrons. The van der Waals surface area contributed by atoms with Crippen LogP contribution >= 0.6 is 11.8 Å². The number of aromatic nitrogens is 2. The Labute approximate surface area is 176 Å². The van der Waals surface area contributed by atoms with Crippen LogP contribution in [-0.2, 0) is 4.79 Å². The van der Waals surface area contributed by atoms with Crippen molar-refractivity contribution >= 4 is 17.7 Å². The smallest absolute Gasteiger partial charge is 0.277 e. The summed E-state index contributed by atoms with van der Waals surface area (Å²) in [6, 6.07) is 8.22. The average Bonchev–Trinajstić information content (AvgIpc) is 3.15.